The summed E-state index contributed by atoms with van der Waals surface area (Å²) in [5.74, 6) is 0. The van der Waals surface area contributed by atoms with Crippen LogP contribution in [-0.4, -0.2) is 28.1 Å². The Morgan fingerprint density at radius 2 is 2.07 bits per heavy atom. The second-order valence-electron chi connectivity index (χ2n) is 3.23. The number of hydrogen-bond acceptors (Lipinski definition) is 3. The Kier molecular flexibility index (Phi) is 4.56. The van der Waals surface area contributed by atoms with Gasteiger partial charge in [0.2, 0.25) is 0 Å². The molecule has 0 aliphatic rings. The molecule has 3 nitrogen and oxygen atoms in total. The zero-order chi connectivity index (χ0) is 10.4. The maximum atomic E-state index is 9.10. The highest BCUT2D eigenvalue weighted by molar-refractivity contribution is 5.18. The highest BCUT2D eigenvalue weighted by atomic mass is 16.3. The summed E-state index contributed by atoms with van der Waals surface area (Å²) in [4.78, 5) is 6.44. The van der Waals surface area contributed by atoms with Crippen molar-refractivity contribution in [2.24, 2.45) is 0 Å². The summed E-state index contributed by atoms with van der Waals surface area (Å²) in [7, 11) is 0. The Balaban J connectivity index is 2.74. The summed E-state index contributed by atoms with van der Waals surface area (Å²) in [5.41, 5.74) is 1.91. The summed E-state index contributed by atoms with van der Waals surface area (Å²) in [6.07, 6.45) is 1.72. The second-order valence-corrected chi connectivity index (χ2v) is 3.23. The molecule has 0 fully saturated rings. The van der Waals surface area contributed by atoms with Crippen LogP contribution in [0.3, 0.4) is 0 Å². The summed E-state index contributed by atoms with van der Waals surface area (Å²) >= 11 is 0. The van der Waals surface area contributed by atoms with E-state index in [1.807, 2.05) is 12.1 Å². The van der Waals surface area contributed by atoms with E-state index in [1.54, 1.807) is 6.20 Å². The van der Waals surface area contributed by atoms with Gasteiger partial charge in [-0.1, -0.05) is 19.9 Å². The first-order valence-electron chi connectivity index (χ1n) is 5.07. The van der Waals surface area contributed by atoms with Crippen molar-refractivity contribution >= 4 is 0 Å². The smallest absolute Gasteiger partial charge is 0.0856 e. The molecule has 0 aromatic carbocycles. The maximum Gasteiger partial charge on any atom is 0.0856 e. The molecule has 1 N–H and O–H groups in total. The van der Waals surface area contributed by atoms with Gasteiger partial charge in [0.1, 0.15) is 0 Å². The van der Waals surface area contributed by atoms with E-state index in [0.29, 0.717) is 0 Å². The van der Waals surface area contributed by atoms with Gasteiger partial charge in [-0.15, -0.1) is 0 Å². The number of aliphatic hydroxyl groups excluding tert-OH is 1. The fraction of sp³-hybridized carbons (Fsp3) is 0.545. The van der Waals surface area contributed by atoms with Crippen molar-refractivity contribution in [1.29, 1.82) is 0 Å². The minimum atomic E-state index is 0.0252. The van der Waals surface area contributed by atoms with Crippen LogP contribution in [0, 0.1) is 0 Å². The Morgan fingerprint density at radius 3 is 2.64 bits per heavy atom. The summed E-state index contributed by atoms with van der Waals surface area (Å²) in [5, 5.41) is 9.10. The standard InChI is InChI=1S/C11H18N2O/c1-3-13(4-2)8-10-6-5-7-12-11(10)9-14/h5-7,14H,3-4,8-9H2,1-2H3. The molecule has 14 heavy (non-hydrogen) atoms. The topological polar surface area (TPSA) is 36.4 Å². The van der Waals surface area contributed by atoms with Crippen LogP contribution in [-0.2, 0) is 13.2 Å². The predicted octanol–water partition coefficient (Wildman–Crippen LogP) is 1.42. The van der Waals surface area contributed by atoms with Crippen molar-refractivity contribution in [2.75, 3.05) is 13.1 Å². The molecule has 0 unspecified atom stereocenters. The van der Waals surface area contributed by atoms with Crippen molar-refractivity contribution in [3.63, 3.8) is 0 Å². The van der Waals surface area contributed by atoms with Crippen molar-refractivity contribution in [3.8, 4) is 0 Å². The van der Waals surface area contributed by atoms with Gasteiger partial charge >= 0.3 is 0 Å². The quantitative estimate of drug-likeness (QED) is 0.770. The zero-order valence-electron chi connectivity index (χ0n) is 8.90. The third-order valence-corrected chi connectivity index (χ3v) is 2.42. The number of hydrogen-bond donors (Lipinski definition) is 1. The van der Waals surface area contributed by atoms with E-state index >= 15 is 0 Å². The molecule has 0 bridgehead atoms. The van der Waals surface area contributed by atoms with E-state index in [0.717, 1.165) is 30.9 Å². The van der Waals surface area contributed by atoms with Crippen molar-refractivity contribution in [3.05, 3.63) is 29.6 Å². The third-order valence-electron chi connectivity index (χ3n) is 2.42. The van der Waals surface area contributed by atoms with Crippen LogP contribution in [0.4, 0.5) is 0 Å². The van der Waals surface area contributed by atoms with E-state index in [4.69, 9.17) is 5.11 Å². The van der Waals surface area contributed by atoms with Crippen LogP contribution in [0.2, 0.25) is 0 Å². The van der Waals surface area contributed by atoms with Crippen LogP contribution in [0.25, 0.3) is 0 Å². The van der Waals surface area contributed by atoms with E-state index in [-0.39, 0.29) is 6.61 Å². The number of aliphatic hydroxyl groups is 1. The van der Waals surface area contributed by atoms with Crippen LogP contribution >= 0.6 is 0 Å². The minimum Gasteiger partial charge on any atom is -0.390 e. The first-order chi connectivity index (χ1) is 6.81. The van der Waals surface area contributed by atoms with Gasteiger partial charge in [-0.25, -0.2) is 0 Å². The highest BCUT2D eigenvalue weighted by Gasteiger charge is 2.05. The lowest BCUT2D eigenvalue weighted by molar-refractivity contribution is 0.264. The molecule has 1 heterocycles. The van der Waals surface area contributed by atoms with E-state index in [1.165, 1.54) is 0 Å². The molecule has 0 radical (unpaired) electrons. The monoisotopic (exact) mass is 194 g/mol. The van der Waals surface area contributed by atoms with Crippen LogP contribution in [0.5, 0.6) is 0 Å². The molecule has 0 aliphatic carbocycles. The number of pyridine rings is 1. The lowest BCUT2D eigenvalue weighted by atomic mass is 10.2. The molecule has 0 saturated carbocycles. The van der Waals surface area contributed by atoms with E-state index < -0.39 is 0 Å². The Hall–Kier alpha value is -0.930. The molecule has 0 saturated heterocycles. The maximum absolute atomic E-state index is 9.10. The molecular formula is C11H18N2O. The third kappa shape index (κ3) is 2.79. The zero-order valence-corrected chi connectivity index (χ0v) is 8.90. The number of nitrogens with zero attached hydrogens (tertiary/aromatic N) is 2. The van der Waals surface area contributed by atoms with Gasteiger partial charge in [-0.2, -0.15) is 0 Å². The highest BCUT2D eigenvalue weighted by Crippen LogP contribution is 2.08. The first kappa shape index (κ1) is 11.1. The van der Waals surface area contributed by atoms with Gasteiger partial charge in [0, 0.05) is 12.7 Å². The first-order valence-corrected chi connectivity index (χ1v) is 5.07. The average molecular weight is 194 g/mol. The lowest BCUT2D eigenvalue weighted by Gasteiger charge is -2.18. The van der Waals surface area contributed by atoms with E-state index in [2.05, 4.69) is 23.7 Å². The van der Waals surface area contributed by atoms with Crippen LogP contribution < -0.4 is 0 Å². The van der Waals surface area contributed by atoms with Gasteiger partial charge in [-0.05, 0) is 24.7 Å². The summed E-state index contributed by atoms with van der Waals surface area (Å²) in [6, 6.07) is 3.94. The van der Waals surface area contributed by atoms with Gasteiger partial charge < -0.3 is 5.11 Å². The lowest BCUT2D eigenvalue weighted by Crippen LogP contribution is -2.23. The van der Waals surface area contributed by atoms with Crippen LogP contribution in [0.1, 0.15) is 25.1 Å². The Bertz CT molecular complexity index is 272. The molecule has 0 atom stereocenters. The molecule has 0 spiro atoms. The molecule has 0 aliphatic heterocycles. The van der Waals surface area contributed by atoms with Crippen molar-refractivity contribution in [2.45, 2.75) is 27.0 Å². The average Bonchev–Trinajstić information content (AvgIpc) is 2.26. The van der Waals surface area contributed by atoms with Crippen molar-refractivity contribution in [1.82, 2.24) is 9.88 Å². The van der Waals surface area contributed by atoms with Gasteiger partial charge in [0.25, 0.3) is 0 Å². The molecule has 3 heteroatoms. The Morgan fingerprint density at radius 1 is 1.36 bits per heavy atom. The number of aromatic nitrogens is 1. The van der Waals surface area contributed by atoms with Gasteiger partial charge in [-0.3, -0.25) is 9.88 Å². The fourth-order valence-electron chi connectivity index (χ4n) is 1.45. The predicted molar refractivity (Wildman–Crippen MR) is 56.8 cm³/mol. The number of rotatable bonds is 5. The summed E-state index contributed by atoms with van der Waals surface area (Å²) in [6.45, 7) is 7.22. The minimum absolute atomic E-state index is 0.0252. The molecule has 1 aromatic heterocycles. The summed E-state index contributed by atoms with van der Waals surface area (Å²) < 4.78 is 0. The molecule has 0 amide bonds. The molecular weight excluding hydrogens is 176 g/mol. The second kappa shape index (κ2) is 5.73. The van der Waals surface area contributed by atoms with Gasteiger partial charge in [0.15, 0.2) is 0 Å². The SMILES string of the molecule is CCN(CC)Cc1cccnc1CO. The largest absolute Gasteiger partial charge is 0.390 e. The van der Waals surface area contributed by atoms with Gasteiger partial charge in [0.05, 0.1) is 12.3 Å². The normalized spacial score (nSPS) is 10.9. The molecule has 78 valence electrons. The fourth-order valence-corrected chi connectivity index (χ4v) is 1.45. The Labute approximate surface area is 85.4 Å². The van der Waals surface area contributed by atoms with E-state index in [9.17, 15) is 0 Å². The van der Waals surface area contributed by atoms with Crippen LogP contribution in [0.15, 0.2) is 18.3 Å². The van der Waals surface area contributed by atoms with Crippen molar-refractivity contribution < 1.29 is 5.11 Å². The molecule has 1 aromatic rings. The molecule has 1 rings (SSSR count).